The summed E-state index contributed by atoms with van der Waals surface area (Å²) in [6.45, 7) is 2.13. The Labute approximate surface area is 152 Å². The first-order valence-electron chi connectivity index (χ1n) is 8.22. The van der Waals surface area contributed by atoms with Crippen LogP contribution in [0.4, 0.5) is 17.3 Å². The molecule has 7 nitrogen and oxygen atoms in total. The number of hydrogen-bond donors (Lipinski definition) is 2. The van der Waals surface area contributed by atoms with Crippen molar-refractivity contribution in [2.75, 3.05) is 24.3 Å². The molecular formula is C19H21N5O2. The van der Waals surface area contributed by atoms with Crippen molar-refractivity contribution in [1.29, 1.82) is 0 Å². The van der Waals surface area contributed by atoms with Crippen LogP contribution < -0.4 is 15.5 Å². The molecule has 0 aliphatic heterocycles. The van der Waals surface area contributed by atoms with E-state index in [1.54, 1.807) is 24.5 Å². The number of benzene rings is 1. The number of aromatic nitrogens is 2. The van der Waals surface area contributed by atoms with Crippen LogP contribution in [0.25, 0.3) is 0 Å². The average molecular weight is 351 g/mol. The molecule has 0 atom stereocenters. The zero-order valence-electron chi connectivity index (χ0n) is 15.0. The summed E-state index contributed by atoms with van der Waals surface area (Å²) in [5.74, 6) is 0.784. The first-order valence-corrected chi connectivity index (χ1v) is 8.22. The maximum absolute atomic E-state index is 12.3. The molecule has 0 radical (unpaired) electrons. The molecule has 0 spiro atoms. The maximum atomic E-state index is 12.3. The van der Waals surface area contributed by atoms with Crippen LogP contribution in [0.5, 0.6) is 0 Å². The Bertz CT molecular complexity index is 873. The molecule has 3 aromatic rings. The highest BCUT2D eigenvalue weighted by Gasteiger charge is 2.11. The fraction of sp³-hybridized carbons (Fsp3) is 0.211. The van der Waals surface area contributed by atoms with E-state index in [2.05, 4.69) is 20.6 Å². The standard InChI is InChI=1S/C19H21N5O2/c1-13-11-17(18(25)20-12-16-5-4-10-26-16)23-19(21-13)22-14-6-8-15(9-7-14)24(2)3/h4-11H,12H2,1-3H3,(H,20,25)(H,21,22,23). The molecule has 0 aliphatic carbocycles. The number of furan rings is 1. The van der Waals surface area contributed by atoms with Gasteiger partial charge in [0.05, 0.1) is 12.8 Å². The molecule has 2 aromatic heterocycles. The van der Waals surface area contributed by atoms with Crippen LogP contribution in [0, 0.1) is 6.92 Å². The van der Waals surface area contributed by atoms with E-state index in [0.717, 1.165) is 11.4 Å². The number of anilines is 3. The van der Waals surface area contributed by atoms with Crippen LogP contribution in [0.1, 0.15) is 21.9 Å². The molecule has 2 N–H and O–H groups in total. The van der Waals surface area contributed by atoms with Crippen LogP contribution >= 0.6 is 0 Å². The van der Waals surface area contributed by atoms with Gasteiger partial charge in [-0.2, -0.15) is 0 Å². The molecule has 0 bridgehead atoms. The van der Waals surface area contributed by atoms with Gasteiger partial charge in [0.15, 0.2) is 0 Å². The molecule has 0 aliphatic rings. The first kappa shape index (κ1) is 17.5. The van der Waals surface area contributed by atoms with Gasteiger partial charge in [0.2, 0.25) is 5.95 Å². The summed E-state index contributed by atoms with van der Waals surface area (Å²) in [4.78, 5) is 23.0. The Hall–Kier alpha value is -3.35. The summed E-state index contributed by atoms with van der Waals surface area (Å²) < 4.78 is 5.21. The highest BCUT2D eigenvalue weighted by Crippen LogP contribution is 2.18. The predicted octanol–water partition coefficient (Wildman–Crippen LogP) is 3.12. The van der Waals surface area contributed by atoms with E-state index >= 15 is 0 Å². The quantitative estimate of drug-likeness (QED) is 0.710. The lowest BCUT2D eigenvalue weighted by molar-refractivity contribution is 0.0943. The van der Waals surface area contributed by atoms with Crippen molar-refractivity contribution in [2.24, 2.45) is 0 Å². The van der Waals surface area contributed by atoms with Crippen molar-refractivity contribution in [3.8, 4) is 0 Å². The van der Waals surface area contributed by atoms with Crippen molar-refractivity contribution in [3.05, 3.63) is 65.9 Å². The third-order valence-corrected chi connectivity index (χ3v) is 3.73. The zero-order chi connectivity index (χ0) is 18.5. The summed E-state index contributed by atoms with van der Waals surface area (Å²) in [5.41, 5.74) is 2.95. The maximum Gasteiger partial charge on any atom is 0.270 e. The SMILES string of the molecule is Cc1cc(C(=O)NCc2ccco2)nc(Nc2ccc(N(C)C)cc2)n1. The summed E-state index contributed by atoms with van der Waals surface area (Å²) in [5, 5.41) is 5.92. The van der Waals surface area contributed by atoms with Gasteiger partial charge in [0.25, 0.3) is 5.91 Å². The molecule has 1 aromatic carbocycles. The second-order valence-corrected chi connectivity index (χ2v) is 6.05. The molecule has 0 fully saturated rings. The smallest absolute Gasteiger partial charge is 0.270 e. The molecule has 3 rings (SSSR count). The number of nitrogens with one attached hydrogen (secondary N) is 2. The van der Waals surface area contributed by atoms with Crippen LogP contribution in [0.15, 0.2) is 53.1 Å². The van der Waals surface area contributed by atoms with Gasteiger partial charge in [-0.15, -0.1) is 0 Å². The number of aryl methyl sites for hydroxylation is 1. The van der Waals surface area contributed by atoms with Crippen LogP contribution in [-0.2, 0) is 6.54 Å². The summed E-state index contributed by atoms with van der Waals surface area (Å²) in [6.07, 6.45) is 1.57. The van der Waals surface area contributed by atoms with Crippen LogP contribution in [-0.4, -0.2) is 30.0 Å². The van der Waals surface area contributed by atoms with Crippen molar-refractivity contribution >= 4 is 23.2 Å². The van der Waals surface area contributed by atoms with Gasteiger partial charge in [0.1, 0.15) is 11.5 Å². The summed E-state index contributed by atoms with van der Waals surface area (Å²) in [6, 6.07) is 13.1. The molecule has 134 valence electrons. The van der Waals surface area contributed by atoms with Gasteiger partial charge in [-0.1, -0.05) is 0 Å². The number of carbonyl (C=O) groups excluding carboxylic acids is 1. The van der Waals surface area contributed by atoms with Gasteiger partial charge in [-0.05, 0) is 49.4 Å². The first-order chi connectivity index (χ1) is 12.5. The minimum absolute atomic E-state index is 0.280. The summed E-state index contributed by atoms with van der Waals surface area (Å²) in [7, 11) is 3.97. The van der Waals surface area contributed by atoms with Gasteiger partial charge in [-0.3, -0.25) is 4.79 Å². The van der Waals surface area contributed by atoms with E-state index in [4.69, 9.17) is 4.42 Å². The minimum Gasteiger partial charge on any atom is -0.467 e. The molecule has 0 unspecified atom stereocenters. The molecule has 26 heavy (non-hydrogen) atoms. The number of amides is 1. The lowest BCUT2D eigenvalue weighted by atomic mass is 10.2. The molecule has 0 saturated carbocycles. The predicted molar refractivity (Wildman–Crippen MR) is 101 cm³/mol. The Kier molecular flexibility index (Phi) is 5.17. The Morgan fingerprint density at radius 1 is 1.15 bits per heavy atom. The number of carbonyl (C=O) groups is 1. The molecule has 2 heterocycles. The van der Waals surface area contributed by atoms with Gasteiger partial charge in [0, 0.05) is 31.2 Å². The molecule has 1 amide bonds. The minimum atomic E-state index is -0.280. The lowest BCUT2D eigenvalue weighted by Gasteiger charge is -2.13. The Balaban J connectivity index is 1.71. The monoisotopic (exact) mass is 351 g/mol. The average Bonchev–Trinajstić information content (AvgIpc) is 3.13. The second kappa shape index (κ2) is 7.69. The van der Waals surface area contributed by atoms with Gasteiger partial charge < -0.3 is 20.0 Å². The second-order valence-electron chi connectivity index (χ2n) is 6.05. The zero-order valence-corrected chi connectivity index (χ0v) is 15.0. The van der Waals surface area contributed by atoms with Gasteiger partial charge >= 0.3 is 0 Å². The fourth-order valence-electron chi connectivity index (χ4n) is 2.38. The third-order valence-electron chi connectivity index (χ3n) is 3.73. The topological polar surface area (TPSA) is 83.3 Å². The number of nitrogens with zero attached hydrogens (tertiary/aromatic N) is 3. The largest absolute Gasteiger partial charge is 0.467 e. The molecule has 7 heteroatoms. The Morgan fingerprint density at radius 3 is 2.58 bits per heavy atom. The van der Waals surface area contributed by atoms with Crippen molar-refractivity contribution in [2.45, 2.75) is 13.5 Å². The Morgan fingerprint density at radius 2 is 1.92 bits per heavy atom. The van der Waals surface area contributed by atoms with E-state index in [0.29, 0.717) is 29.6 Å². The van der Waals surface area contributed by atoms with E-state index in [1.807, 2.05) is 50.2 Å². The van der Waals surface area contributed by atoms with Crippen molar-refractivity contribution in [3.63, 3.8) is 0 Å². The highest BCUT2D eigenvalue weighted by molar-refractivity contribution is 5.92. The van der Waals surface area contributed by atoms with Gasteiger partial charge in [-0.25, -0.2) is 9.97 Å². The molecular weight excluding hydrogens is 330 g/mol. The summed E-state index contributed by atoms with van der Waals surface area (Å²) >= 11 is 0. The number of hydrogen-bond acceptors (Lipinski definition) is 6. The number of rotatable bonds is 6. The van der Waals surface area contributed by atoms with E-state index in [1.165, 1.54) is 0 Å². The van der Waals surface area contributed by atoms with E-state index < -0.39 is 0 Å². The van der Waals surface area contributed by atoms with E-state index in [9.17, 15) is 4.79 Å². The lowest BCUT2D eigenvalue weighted by Crippen LogP contribution is -2.24. The highest BCUT2D eigenvalue weighted by atomic mass is 16.3. The normalized spacial score (nSPS) is 10.4. The van der Waals surface area contributed by atoms with Crippen molar-refractivity contribution in [1.82, 2.24) is 15.3 Å². The third kappa shape index (κ3) is 4.38. The fourth-order valence-corrected chi connectivity index (χ4v) is 2.38. The van der Waals surface area contributed by atoms with E-state index in [-0.39, 0.29) is 5.91 Å². The molecule has 0 saturated heterocycles. The van der Waals surface area contributed by atoms with Crippen LogP contribution in [0.3, 0.4) is 0 Å². The van der Waals surface area contributed by atoms with Crippen molar-refractivity contribution < 1.29 is 9.21 Å². The van der Waals surface area contributed by atoms with Crippen LogP contribution in [0.2, 0.25) is 0 Å².